The maximum Gasteiger partial charge on any atom is 0.318 e. The minimum absolute atomic E-state index is 0.0608. The van der Waals surface area contributed by atoms with Gasteiger partial charge in [-0.15, -0.1) is 0 Å². The number of pyridine rings is 1. The van der Waals surface area contributed by atoms with Crippen LogP contribution in [0.2, 0.25) is 0 Å². The number of para-hydroxylation sites is 1. The number of ether oxygens (including phenoxy) is 1. The van der Waals surface area contributed by atoms with Gasteiger partial charge in [-0.05, 0) is 49.1 Å². The molecule has 232 valence electrons. The number of nitrogens with one attached hydrogen (secondary N) is 1. The number of nitrogens with two attached hydrogens (primary N) is 1. The molecule has 0 spiro atoms. The van der Waals surface area contributed by atoms with Crippen molar-refractivity contribution in [3.05, 3.63) is 82.4 Å². The molecule has 4 rings (SSSR count). The molecule has 9 nitrogen and oxygen atoms in total. The Bertz CT molecular complexity index is 1570. The molecule has 1 aromatic heterocycles. The summed E-state index contributed by atoms with van der Waals surface area (Å²) in [6, 6.07) is 19.5. The lowest BCUT2D eigenvalue weighted by Gasteiger charge is -2.21. The molecule has 0 aliphatic rings. The summed E-state index contributed by atoms with van der Waals surface area (Å²) in [7, 11) is 0. The van der Waals surface area contributed by atoms with Crippen LogP contribution in [-0.4, -0.2) is 28.3 Å². The van der Waals surface area contributed by atoms with Crippen molar-refractivity contribution >= 4 is 45.1 Å². The summed E-state index contributed by atoms with van der Waals surface area (Å²) in [5, 5.41) is 16.7. The third-order valence-corrected chi connectivity index (χ3v) is 7.91. The first-order valence-electron chi connectivity index (χ1n) is 15.7. The van der Waals surface area contributed by atoms with Gasteiger partial charge in [0.15, 0.2) is 0 Å². The minimum atomic E-state index is -0.542. The Labute approximate surface area is 258 Å². The Morgan fingerprint density at radius 2 is 1.59 bits per heavy atom. The smallest absolute Gasteiger partial charge is 0.318 e. The average molecular weight is 599 g/mol. The molecule has 1 heterocycles. The van der Waals surface area contributed by atoms with E-state index >= 15 is 0 Å². The van der Waals surface area contributed by atoms with Gasteiger partial charge in [0, 0.05) is 35.9 Å². The SMILES string of the molecule is CCCCCCC(C(=O)Oc1ccc([N+](=O)[O-])cc1)c1cccc2nc3ccccc3c(NCCCCCCCC(N)=O)c12. The molecule has 1 amide bonds. The number of esters is 1. The number of anilines is 1. The van der Waals surface area contributed by atoms with Crippen LogP contribution in [0.5, 0.6) is 5.75 Å². The summed E-state index contributed by atoms with van der Waals surface area (Å²) in [5.41, 5.74) is 8.68. The lowest BCUT2D eigenvalue weighted by molar-refractivity contribution is -0.384. The maximum absolute atomic E-state index is 13.8. The Morgan fingerprint density at radius 1 is 0.886 bits per heavy atom. The van der Waals surface area contributed by atoms with Crippen LogP contribution in [0, 0.1) is 10.1 Å². The van der Waals surface area contributed by atoms with Crippen LogP contribution in [0.15, 0.2) is 66.7 Å². The number of primary amides is 1. The second-order valence-electron chi connectivity index (χ2n) is 11.2. The number of carbonyl (C=O) groups is 2. The van der Waals surface area contributed by atoms with Crippen LogP contribution in [-0.2, 0) is 9.59 Å². The van der Waals surface area contributed by atoms with E-state index in [2.05, 4.69) is 18.3 Å². The molecule has 9 heteroatoms. The van der Waals surface area contributed by atoms with Crippen molar-refractivity contribution in [1.29, 1.82) is 0 Å². The predicted molar refractivity (Wildman–Crippen MR) is 175 cm³/mol. The molecule has 0 radical (unpaired) electrons. The van der Waals surface area contributed by atoms with Gasteiger partial charge >= 0.3 is 5.97 Å². The molecule has 3 aromatic carbocycles. The molecule has 44 heavy (non-hydrogen) atoms. The van der Waals surface area contributed by atoms with Crippen molar-refractivity contribution in [2.75, 3.05) is 11.9 Å². The summed E-state index contributed by atoms with van der Waals surface area (Å²) in [6.45, 7) is 2.91. The Hall–Kier alpha value is -4.53. The molecule has 1 atom stereocenters. The lowest BCUT2D eigenvalue weighted by Crippen LogP contribution is -2.20. The first-order valence-corrected chi connectivity index (χ1v) is 15.7. The molecule has 0 fully saturated rings. The second kappa shape index (κ2) is 16.4. The monoisotopic (exact) mass is 598 g/mol. The number of non-ortho nitro benzene ring substituents is 1. The number of carbonyl (C=O) groups excluding carboxylic acids is 2. The zero-order valence-electron chi connectivity index (χ0n) is 25.4. The fourth-order valence-electron chi connectivity index (χ4n) is 5.61. The van der Waals surface area contributed by atoms with E-state index in [4.69, 9.17) is 15.5 Å². The van der Waals surface area contributed by atoms with Crippen molar-refractivity contribution in [3.63, 3.8) is 0 Å². The molecule has 0 aliphatic carbocycles. The number of aromatic nitrogens is 1. The zero-order chi connectivity index (χ0) is 31.3. The number of nitrogens with zero attached hydrogens (tertiary/aromatic N) is 2. The Kier molecular flexibility index (Phi) is 12.0. The first-order chi connectivity index (χ1) is 21.4. The fourth-order valence-corrected chi connectivity index (χ4v) is 5.61. The van der Waals surface area contributed by atoms with Crippen LogP contribution in [0.1, 0.15) is 89.0 Å². The zero-order valence-corrected chi connectivity index (χ0v) is 25.4. The number of amides is 1. The van der Waals surface area contributed by atoms with Crippen LogP contribution >= 0.6 is 0 Å². The Morgan fingerprint density at radius 3 is 2.34 bits per heavy atom. The van der Waals surface area contributed by atoms with E-state index in [9.17, 15) is 19.7 Å². The van der Waals surface area contributed by atoms with Crippen LogP contribution in [0.4, 0.5) is 11.4 Å². The van der Waals surface area contributed by atoms with Gasteiger partial charge in [0.05, 0.1) is 27.6 Å². The van der Waals surface area contributed by atoms with E-state index in [1.54, 1.807) is 0 Å². The third-order valence-electron chi connectivity index (χ3n) is 7.91. The molecule has 0 saturated heterocycles. The number of benzene rings is 3. The van der Waals surface area contributed by atoms with E-state index in [1.165, 1.54) is 24.3 Å². The number of nitro benzene ring substituents is 1. The highest BCUT2D eigenvalue weighted by Crippen LogP contribution is 2.38. The maximum atomic E-state index is 13.8. The van der Waals surface area contributed by atoms with Crippen molar-refractivity contribution in [3.8, 4) is 5.75 Å². The van der Waals surface area contributed by atoms with E-state index < -0.39 is 16.8 Å². The standard InChI is InChI=1S/C35H42N4O5/c1-2-3-4-8-14-28(35(41)44-26-22-20-25(21-23-26)39(42)43)27-16-13-18-31-33(27)34(29-15-10-11-17-30(29)38-31)37-24-12-7-5-6-9-19-32(36)40/h10-11,13,15-18,20-23,28H,2-9,12,14,19,24H2,1H3,(H2,36,40)(H,37,38). The van der Waals surface area contributed by atoms with Crippen molar-refractivity contribution in [2.45, 2.75) is 83.5 Å². The lowest BCUT2D eigenvalue weighted by atomic mass is 9.89. The number of hydrogen-bond donors (Lipinski definition) is 2. The van der Waals surface area contributed by atoms with Crippen LogP contribution in [0.3, 0.4) is 0 Å². The molecule has 0 saturated carbocycles. The normalized spacial score (nSPS) is 11.8. The van der Waals surface area contributed by atoms with E-state index in [-0.39, 0.29) is 17.3 Å². The summed E-state index contributed by atoms with van der Waals surface area (Å²) in [5.74, 6) is -0.909. The van der Waals surface area contributed by atoms with Gasteiger partial charge in [0.1, 0.15) is 5.75 Å². The van der Waals surface area contributed by atoms with Crippen molar-refractivity contribution in [1.82, 2.24) is 4.98 Å². The first kappa shape index (κ1) is 32.4. The summed E-state index contributed by atoms with van der Waals surface area (Å²) in [6.07, 6.45) is 9.91. The van der Waals surface area contributed by atoms with Crippen LogP contribution in [0.25, 0.3) is 21.8 Å². The number of rotatable bonds is 18. The highest BCUT2D eigenvalue weighted by atomic mass is 16.6. The van der Waals surface area contributed by atoms with Gasteiger partial charge in [-0.3, -0.25) is 19.7 Å². The summed E-state index contributed by atoms with van der Waals surface area (Å²) in [4.78, 5) is 40.4. The molecular weight excluding hydrogens is 556 g/mol. The van der Waals surface area contributed by atoms with Gasteiger partial charge in [0.2, 0.25) is 5.91 Å². The van der Waals surface area contributed by atoms with E-state index in [0.29, 0.717) is 12.8 Å². The van der Waals surface area contributed by atoms with Gasteiger partial charge in [-0.2, -0.15) is 0 Å². The van der Waals surface area contributed by atoms with Crippen molar-refractivity contribution < 1.29 is 19.2 Å². The predicted octanol–water partition coefficient (Wildman–Crippen LogP) is 8.19. The average Bonchev–Trinajstić information content (AvgIpc) is 3.01. The van der Waals surface area contributed by atoms with Gasteiger partial charge in [-0.1, -0.05) is 82.2 Å². The molecule has 1 unspecified atom stereocenters. The largest absolute Gasteiger partial charge is 0.426 e. The van der Waals surface area contributed by atoms with Crippen molar-refractivity contribution in [2.24, 2.45) is 5.73 Å². The summed E-state index contributed by atoms with van der Waals surface area (Å²) >= 11 is 0. The molecule has 3 N–H and O–H groups in total. The van der Waals surface area contributed by atoms with E-state index in [0.717, 1.165) is 97.4 Å². The topological polar surface area (TPSA) is 137 Å². The van der Waals surface area contributed by atoms with Gasteiger partial charge in [0.25, 0.3) is 5.69 Å². The fraction of sp³-hybridized carbons (Fsp3) is 0.400. The van der Waals surface area contributed by atoms with Gasteiger partial charge < -0.3 is 15.8 Å². The highest BCUT2D eigenvalue weighted by Gasteiger charge is 2.27. The second-order valence-corrected chi connectivity index (χ2v) is 11.2. The minimum Gasteiger partial charge on any atom is -0.426 e. The molecule has 4 aromatic rings. The number of fused-ring (bicyclic) bond motifs is 2. The number of nitro groups is 1. The molecular formula is C35H42N4O5. The molecule has 0 bridgehead atoms. The molecule has 0 aliphatic heterocycles. The highest BCUT2D eigenvalue weighted by molar-refractivity contribution is 6.10. The van der Waals surface area contributed by atoms with Crippen LogP contribution < -0.4 is 15.8 Å². The van der Waals surface area contributed by atoms with E-state index in [1.807, 2.05) is 36.4 Å². The number of unbranched alkanes of at least 4 members (excludes halogenated alkanes) is 7. The number of hydrogen-bond acceptors (Lipinski definition) is 7. The quantitative estimate of drug-likeness (QED) is 0.0294. The summed E-state index contributed by atoms with van der Waals surface area (Å²) < 4.78 is 5.83. The Balaban J connectivity index is 1.64. The van der Waals surface area contributed by atoms with Gasteiger partial charge in [-0.25, -0.2) is 4.98 Å². The third kappa shape index (κ3) is 8.75.